The maximum atomic E-state index is 2.32. The van der Waals surface area contributed by atoms with Gasteiger partial charge in [0.25, 0.3) is 0 Å². The third kappa shape index (κ3) is 3.26. The first-order valence-electron chi connectivity index (χ1n) is 6.25. The van der Waals surface area contributed by atoms with E-state index >= 15 is 0 Å². The number of allylic oxidation sites excluding steroid dienone is 3. The van der Waals surface area contributed by atoms with Gasteiger partial charge in [-0.3, -0.25) is 0 Å². The van der Waals surface area contributed by atoms with Gasteiger partial charge in [-0.15, -0.1) is 11.8 Å². The second-order valence-corrected chi connectivity index (χ2v) is 5.42. The standard InChI is InChI=1S/C16H20S/c1-4-13-7-9-15(10-8-13)16(17-3)12(2)11-14-5-6-14/h5,7-10H,4,6,11H2,1-3H3/b16-12-. The lowest BCUT2D eigenvalue weighted by atomic mass is 10.1. The molecule has 0 amide bonds. The molecular weight excluding hydrogens is 224 g/mol. The lowest BCUT2D eigenvalue weighted by Crippen LogP contribution is -1.87. The van der Waals surface area contributed by atoms with Gasteiger partial charge >= 0.3 is 0 Å². The first-order chi connectivity index (χ1) is 8.24. The van der Waals surface area contributed by atoms with Crippen LogP contribution >= 0.6 is 11.8 Å². The summed E-state index contributed by atoms with van der Waals surface area (Å²) in [4.78, 5) is 1.44. The molecule has 0 fully saturated rings. The van der Waals surface area contributed by atoms with Gasteiger partial charge < -0.3 is 0 Å². The number of thioether (sulfide) groups is 1. The fourth-order valence-corrected chi connectivity index (χ4v) is 2.86. The fraction of sp³-hybridized carbons (Fsp3) is 0.375. The molecule has 0 heterocycles. The molecule has 0 aliphatic heterocycles. The minimum atomic E-state index is 1.12. The van der Waals surface area contributed by atoms with Gasteiger partial charge in [0.15, 0.2) is 0 Å². The van der Waals surface area contributed by atoms with E-state index in [2.05, 4.69) is 50.4 Å². The number of hydrogen-bond donors (Lipinski definition) is 0. The van der Waals surface area contributed by atoms with Crippen LogP contribution in [0.15, 0.2) is 41.5 Å². The Morgan fingerprint density at radius 2 is 1.88 bits per heavy atom. The average molecular weight is 244 g/mol. The van der Waals surface area contributed by atoms with Gasteiger partial charge in [0, 0.05) is 4.91 Å². The second-order valence-electron chi connectivity index (χ2n) is 4.61. The molecule has 0 atom stereocenters. The molecule has 0 N–H and O–H groups in total. The molecule has 90 valence electrons. The van der Waals surface area contributed by atoms with Crippen LogP contribution in [0.5, 0.6) is 0 Å². The Bertz CT molecular complexity index is 449. The summed E-state index contributed by atoms with van der Waals surface area (Å²) in [6.45, 7) is 4.46. The fourth-order valence-electron chi connectivity index (χ4n) is 2.07. The zero-order chi connectivity index (χ0) is 12.3. The second kappa shape index (κ2) is 5.59. The molecule has 2 rings (SSSR count). The van der Waals surface area contributed by atoms with Crippen molar-refractivity contribution in [1.29, 1.82) is 0 Å². The van der Waals surface area contributed by atoms with Crippen LogP contribution in [0, 0.1) is 0 Å². The van der Waals surface area contributed by atoms with Crippen LogP contribution in [0.1, 0.15) is 37.8 Å². The predicted molar refractivity (Wildman–Crippen MR) is 79.2 cm³/mol. The molecule has 0 aromatic heterocycles. The lowest BCUT2D eigenvalue weighted by Gasteiger charge is -2.10. The molecular formula is C16H20S. The van der Waals surface area contributed by atoms with Crippen molar-refractivity contribution in [3.63, 3.8) is 0 Å². The molecule has 1 aromatic rings. The molecule has 17 heavy (non-hydrogen) atoms. The molecule has 0 nitrogen and oxygen atoms in total. The quantitative estimate of drug-likeness (QED) is 0.652. The zero-order valence-corrected chi connectivity index (χ0v) is 11.7. The van der Waals surface area contributed by atoms with Crippen molar-refractivity contribution in [2.45, 2.75) is 33.1 Å². The zero-order valence-electron chi connectivity index (χ0n) is 10.9. The molecule has 0 radical (unpaired) electrons. The van der Waals surface area contributed by atoms with E-state index in [-0.39, 0.29) is 0 Å². The van der Waals surface area contributed by atoms with E-state index in [0.717, 1.165) is 12.8 Å². The Kier molecular flexibility index (Phi) is 4.11. The Morgan fingerprint density at radius 1 is 1.24 bits per heavy atom. The highest BCUT2D eigenvalue weighted by Gasteiger charge is 2.11. The van der Waals surface area contributed by atoms with E-state index < -0.39 is 0 Å². The summed E-state index contributed by atoms with van der Waals surface area (Å²) in [5, 5.41) is 0. The van der Waals surface area contributed by atoms with Crippen molar-refractivity contribution < 1.29 is 0 Å². The van der Waals surface area contributed by atoms with E-state index in [1.807, 2.05) is 11.8 Å². The van der Waals surface area contributed by atoms with Crippen LogP contribution in [-0.2, 0) is 6.42 Å². The van der Waals surface area contributed by atoms with Crippen LogP contribution in [0.25, 0.3) is 4.91 Å². The van der Waals surface area contributed by atoms with Crippen molar-refractivity contribution in [2.75, 3.05) is 6.26 Å². The van der Waals surface area contributed by atoms with Crippen LogP contribution in [0.3, 0.4) is 0 Å². The molecule has 0 unspecified atom stereocenters. The summed E-state index contributed by atoms with van der Waals surface area (Å²) in [5.74, 6) is 0. The highest BCUT2D eigenvalue weighted by atomic mass is 32.2. The van der Waals surface area contributed by atoms with Gasteiger partial charge in [0.1, 0.15) is 0 Å². The van der Waals surface area contributed by atoms with Crippen LogP contribution < -0.4 is 0 Å². The minimum Gasteiger partial charge on any atom is -0.129 e. The summed E-state index contributed by atoms with van der Waals surface area (Å²) in [5.41, 5.74) is 5.88. The maximum absolute atomic E-state index is 2.32. The maximum Gasteiger partial charge on any atom is 0.0134 e. The molecule has 0 bridgehead atoms. The van der Waals surface area contributed by atoms with Gasteiger partial charge in [-0.1, -0.05) is 48.4 Å². The third-order valence-corrected chi connectivity index (χ3v) is 4.19. The minimum absolute atomic E-state index is 1.12. The summed E-state index contributed by atoms with van der Waals surface area (Å²) < 4.78 is 0. The lowest BCUT2D eigenvalue weighted by molar-refractivity contribution is 1.14. The van der Waals surface area contributed by atoms with Gasteiger partial charge in [-0.25, -0.2) is 0 Å². The highest BCUT2D eigenvalue weighted by molar-refractivity contribution is 8.07. The number of aryl methyl sites for hydroxylation is 1. The van der Waals surface area contributed by atoms with Gasteiger partial charge in [0.2, 0.25) is 0 Å². The van der Waals surface area contributed by atoms with Crippen LogP contribution in [0.2, 0.25) is 0 Å². The van der Waals surface area contributed by atoms with Crippen LogP contribution in [0.4, 0.5) is 0 Å². The SMILES string of the molecule is CCc1ccc(/C(SC)=C(\C)CC2=CC2)cc1. The first kappa shape index (κ1) is 12.5. The third-order valence-electron chi connectivity index (χ3n) is 3.20. The van der Waals surface area contributed by atoms with E-state index in [9.17, 15) is 0 Å². The largest absolute Gasteiger partial charge is 0.129 e. The molecule has 1 aliphatic carbocycles. The Labute approximate surface area is 109 Å². The van der Waals surface area contributed by atoms with E-state index in [1.165, 1.54) is 28.0 Å². The molecule has 1 aliphatic rings. The number of benzene rings is 1. The normalized spacial score (nSPS) is 15.4. The summed E-state index contributed by atoms with van der Waals surface area (Å²) in [7, 11) is 0. The van der Waals surface area contributed by atoms with Crippen molar-refractivity contribution >= 4 is 16.7 Å². The van der Waals surface area contributed by atoms with Gasteiger partial charge in [-0.05, 0) is 43.6 Å². The van der Waals surface area contributed by atoms with Gasteiger partial charge in [-0.2, -0.15) is 0 Å². The molecule has 0 saturated carbocycles. The predicted octanol–water partition coefficient (Wildman–Crippen LogP) is 5.06. The van der Waals surface area contributed by atoms with E-state index in [4.69, 9.17) is 0 Å². The Hall–Kier alpha value is -0.950. The van der Waals surface area contributed by atoms with E-state index in [1.54, 1.807) is 5.57 Å². The molecule has 1 aromatic carbocycles. The summed E-state index contributed by atoms with van der Waals surface area (Å²) in [6.07, 6.45) is 8.00. The first-order valence-corrected chi connectivity index (χ1v) is 7.48. The summed E-state index contributed by atoms with van der Waals surface area (Å²) in [6, 6.07) is 9.01. The smallest absolute Gasteiger partial charge is 0.0134 e. The van der Waals surface area contributed by atoms with Crippen molar-refractivity contribution in [3.05, 3.63) is 52.6 Å². The van der Waals surface area contributed by atoms with Crippen molar-refractivity contribution in [2.24, 2.45) is 0 Å². The summed E-state index contributed by atoms with van der Waals surface area (Å²) >= 11 is 1.87. The molecule has 0 spiro atoms. The van der Waals surface area contributed by atoms with Crippen LogP contribution in [-0.4, -0.2) is 6.26 Å². The van der Waals surface area contributed by atoms with Crippen molar-refractivity contribution in [3.8, 4) is 0 Å². The number of hydrogen-bond acceptors (Lipinski definition) is 1. The topological polar surface area (TPSA) is 0 Å². The van der Waals surface area contributed by atoms with Gasteiger partial charge in [0.05, 0.1) is 0 Å². The average Bonchev–Trinajstić information content (AvgIpc) is 3.15. The van der Waals surface area contributed by atoms with Crippen molar-refractivity contribution in [1.82, 2.24) is 0 Å². The monoisotopic (exact) mass is 244 g/mol. The highest BCUT2D eigenvalue weighted by Crippen LogP contribution is 2.35. The molecule has 0 saturated heterocycles. The number of rotatable bonds is 5. The van der Waals surface area contributed by atoms with E-state index in [0.29, 0.717) is 0 Å². The molecule has 1 heteroatoms. The Balaban J connectivity index is 2.23. The Morgan fingerprint density at radius 3 is 2.35 bits per heavy atom.